The van der Waals surface area contributed by atoms with Crippen LogP contribution in [0.15, 0.2) is 56.1 Å². The summed E-state index contributed by atoms with van der Waals surface area (Å²) in [6, 6.07) is 12.0. The summed E-state index contributed by atoms with van der Waals surface area (Å²) in [7, 11) is 1.73. The van der Waals surface area contributed by atoms with E-state index >= 15 is 0 Å². The molecule has 6 heteroatoms. The second kappa shape index (κ2) is 6.48. The fourth-order valence-corrected chi connectivity index (χ4v) is 3.88. The number of halogens is 2. The lowest BCUT2D eigenvalue weighted by atomic mass is 10.0. The van der Waals surface area contributed by atoms with Crippen LogP contribution in [0.25, 0.3) is 33.0 Å². The Kier molecular flexibility index (Phi) is 4.34. The summed E-state index contributed by atoms with van der Waals surface area (Å²) in [6.07, 6.45) is 0. The van der Waals surface area contributed by atoms with Crippen molar-refractivity contribution in [3.63, 3.8) is 0 Å². The maximum Gasteiger partial charge on any atom is 0.262 e. The Morgan fingerprint density at radius 3 is 2.57 bits per heavy atom. The molecule has 0 aliphatic rings. The highest BCUT2D eigenvalue weighted by atomic mass is 79.9. The van der Waals surface area contributed by atoms with Crippen LogP contribution in [0.3, 0.4) is 0 Å². The Balaban J connectivity index is 2.22. The lowest BCUT2D eigenvalue weighted by Gasteiger charge is -2.21. The van der Waals surface area contributed by atoms with E-state index in [9.17, 15) is 9.18 Å². The van der Waals surface area contributed by atoms with Crippen LogP contribution in [-0.4, -0.2) is 10.1 Å². The van der Waals surface area contributed by atoms with Crippen LogP contribution in [0.5, 0.6) is 0 Å². The van der Waals surface area contributed by atoms with Gasteiger partial charge in [-0.1, -0.05) is 28.1 Å². The zero-order valence-corrected chi connectivity index (χ0v) is 17.6. The molecule has 1 N–H and O–H groups in total. The third-order valence-corrected chi connectivity index (χ3v) is 5.31. The van der Waals surface area contributed by atoms with Gasteiger partial charge in [-0.05, 0) is 51.1 Å². The minimum atomic E-state index is -0.383. The van der Waals surface area contributed by atoms with Gasteiger partial charge in [-0.3, -0.25) is 4.79 Å². The maximum absolute atomic E-state index is 14.1. The number of hydrogen-bond donors (Lipinski definition) is 1. The number of fused-ring (bicyclic) bond motifs is 3. The summed E-state index contributed by atoms with van der Waals surface area (Å²) in [5.41, 5.74) is 1.90. The van der Waals surface area contributed by atoms with Gasteiger partial charge in [0, 0.05) is 28.0 Å². The van der Waals surface area contributed by atoms with Crippen LogP contribution in [0.1, 0.15) is 20.8 Å². The summed E-state index contributed by atoms with van der Waals surface area (Å²) in [5.74, 6) is 0.0640. The Labute approximate surface area is 170 Å². The Hall–Kier alpha value is -2.60. The first-order chi connectivity index (χ1) is 13.2. The molecule has 4 nitrogen and oxygen atoms in total. The van der Waals surface area contributed by atoms with Gasteiger partial charge in [-0.25, -0.2) is 4.39 Å². The second-order valence-electron chi connectivity index (χ2n) is 7.89. The lowest BCUT2D eigenvalue weighted by molar-refractivity contribution is 0.567. The molecular weight excluding hydrogens is 423 g/mol. The van der Waals surface area contributed by atoms with Gasteiger partial charge in [0.05, 0.1) is 16.5 Å². The van der Waals surface area contributed by atoms with E-state index in [4.69, 9.17) is 4.42 Å². The normalized spacial score (nSPS) is 12.1. The van der Waals surface area contributed by atoms with Crippen LogP contribution in [0.4, 0.5) is 10.3 Å². The molecule has 4 aromatic rings. The van der Waals surface area contributed by atoms with Crippen molar-refractivity contribution in [2.75, 3.05) is 5.32 Å². The molecule has 0 amide bonds. The van der Waals surface area contributed by atoms with E-state index < -0.39 is 0 Å². The molecule has 0 fully saturated rings. The molecule has 0 saturated heterocycles. The first kappa shape index (κ1) is 18.7. The molecule has 2 heterocycles. The fraction of sp³-hybridized carbons (Fsp3) is 0.227. The number of anilines is 1. The number of aromatic nitrogens is 1. The van der Waals surface area contributed by atoms with E-state index in [-0.39, 0.29) is 16.9 Å². The molecule has 0 atom stereocenters. The molecule has 144 valence electrons. The van der Waals surface area contributed by atoms with Gasteiger partial charge in [-0.2, -0.15) is 0 Å². The average molecular weight is 443 g/mol. The van der Waals surface area contributed by atoms with Crippen LogP contribution in [-0.2, 0) is 7.05 Å². The van der Waals surface area contributed by atoms with Gasteiger partial charge in [0.15, 0.2) is 5.58 Å². The highest BCUT2D eigenvalue weighted by Gasteiger charge is 2.26. The zero-order chi connectivity index (χ0) is 20.2. The van der Waals surface area contributed by atoms with Crippen molar-refractivity contribution < 1.29 is 8.81 Å². The maximum atomic E-state index is 14.1. The summed E-state index contributed by atoms with van der Waals surface area (Å²) >= 11 is 3.50. The van der Waals surface area contributed by atoms with Crippen molar-refractivity contribution in [3.8, 4) is 11.1 Å². The molecule has 0 aliphatic heterocycles. The van der Waals surface area contributed by atoms with E-state index in [0.717, 1.165) is 10.9 Å². The molecule has 0 saturated carbocycles. The van der Waals surface area contributed by atoms with Crippen molar-refractivity contribution in [2.24, 2.45) is 7.05 Å². The number of nitrogens with zero attached hydrogens (tertiary/aromatic N) is 1. The molecule has 0 bridgehead atoms. The quantitative estimate of drug-likeness (QED) is 0.410. The smallest absolute Gasteiger partial charge is 0.262 e. The summed E-state index contributed by atoms with van der Waals surface area (Å²) in [4.78, 5) is 13.3. The van der Waals surface area contributed by atoms with E-state index in [1.165, 1.54) is 12.1 Å². The minimum Gasteiger partial charge on any atom is -0.439 e. The van der Waals surface area contributed by atoms with Crippen molar-refractivity contribution in [3.05, 3.63) is 63.1 Å². The molecule has 0 aliphatic carbocycles. The third-order valence-electron chi connectivity index (χ3n) is 4.62. The monoisotopic (exact) mass is 442 g/mol. The zero-order valence-electron chi connectivity index (χ0n) is 16.1. The molecule has 28 heavy (non-hydrogen) atoms. The summed E-state index contributed by atoms with van der Waals surface area (Å²) in [5, 5.41) is 4.60. The molecular formula is C22H20BrFN2O2. The van der Waals surface area contributed by atoms with E-state index in [1.807, 2.05) is 45.0 Å². The Morgan fingerprint density at radius 1 is 1.14 bits per heavy atom. The fourth-order valence-electron chi connectivity index (χ4n) is 3.43. The van der Waals surface area contributed by atoms with Gasteiger partial charge in [-0.15, -0.1) is 0 Å². The van der Waals surface area contributed by atoms with Gasteiger partial charge in [0.25, 0.3) is 5.56 Å². The number of hydrogen-bond acceptors (Lipinski definition) is 3. The molecule has 0 radical (unpaired) electrons. The number of benzene rings is 2. The number of nitrogens with one attached hydrogen (secondary N) is 1. The topological polar surface area (TPSA) is 47.2 Å². The number of pyridine rings is 1. The predicted octanol–water partition coefficient (Wildman–Crippen LogP) is 6.06. The minimum absolute atomic E-state index is 0.189. The van der Waals surface area contributed by atoms with Gasteiger partial charge >= 0.3 is 0 Å². The first-order valence-corrected chi connectivity index (χ1v) is 9.74. The third kappa shape index (κ3) is 3.02. The van der Waals surface area contributed by atoms with E-state index in [1.54, 1.807) is 17.7 Å². The summed E-state index contributed by atoms with van der Waals surface area (Å²) in [6.45, 7) is 6.00. The number of aryl methyl sites for hydroxylation is 1. The Morgan fingerprint density at radius 2 is 1.86 bits per heavy atom. The van der Waals surface area contributed by atoms with E-state index in [2.05, 4.69) is 21.2 Å². The molecule has 4 rings (SSSR count). The molecule has 0 unspecified atom stereocenters. The number of para-hydroxylation sites is 1. The van der Waals surface area contributed by atoms with Crippen LogP contribution < -0.4 is 10.9 Å². The molecule has 2 aromatic heterocycles. The highest BCUT2D eigenvalue weighted by molar-refractivity contribution is 9.10. The van der Waals surface area contributed by atoms with Gasteiger partial charge in [0.2, 0.25) is 5.88 Å². The number of rotatable bonds is 2. The van der Waals surface area contributed by atoms with E-state index in [0.29, 0.717) is 32.5 Å². The van der Waals surface area contributed by atoms with Crippen LogP contribution in [0, 0.1) is 5.82 Å². The highest BCUT2D eigenvalue weighted by Crippen LogP contribution is 2.43. The lowest BCUT2D eigenvalue weighted by Crippen LogP contribution is -2.26. The average Bonchev–Trinajstić information content (AvgIpc) is 2.99. The van der Waals surface area contributed by atoms with Crippen molar-refractivity contribution in [1.29, 1.82) is 0 Å². The first-order valence-electron chi connectivity index (χ1n) is 8.95. The number of furan rings is 1. The van der Waals surface area contributed by atoms with Crippen LogP contribution in [0.2, 0.25) is 0 Å². The molecule has 0 spiro atoms. The SMILES string of the molecule is Cn1c(=O)c2c(-c3cc(F)ccc3Br)c(NC(C)(C)C)oc2c2ccccc21. The molecule has 2 aromatic carbocycles. The standard InChI is InChI=1S/C22H20BrFN2O2/c1-22(2,3)25-20-17(14-11-12(24)9-10-15(14)23)18-19(28-20)13-7-5-6-8-16(13)26(4)21(18)27/h5-11,25H,1-4H3. The Bertz CT molecular complexity index is 1280. The van der Waals surface area contributed by atoms with Crippen molar-refractivity contribution in [1.82, 2.24) is 4.57 Å². The predicted molar refractivity (Wildman–Crippen MR) is 115 cm³/mol. The van der Waals surface area contributed by atoms with Crippen LogP contribution >= 0.6 is 15.9 Å². The van der Waals surface area contributed by atoms with Crippen molar-refractivity contribution >= 4 is 43.7 Å². The summed E-state index contributed by atoms with van der Waals surface area (Å²) < 4.78 is 22.6. The van der Waals surface area contributed by atoms with Gasteiger partial charge < -0.3 is 14.3 Å². The second-order valence-corrected chi connectivity index (χ2v) is 8.75. The van der Waals surface area contributed by atoms with Crippen molar-refractivity contribution in [2.45, 2.75) is 26.3 Å². The largest absolute Gasteiger partial charge is 0.439 e. The van der Waals surface area contributed by atoms with Gasteiger partial charge in [0.1, 0.15) is 5.82 Å².